The van der Waals surface area contributed by atoms with Gasteiger partial charge in [-0.1, -0.05) is 42.3 Å². The smallest absolute Gasteiger partial charge is 0.182 e. The van der Waals surface area contributed by atoms with E-state index < -0.39 is 9.84 Å². The van der Waals surface area contributed by atoms with E-state index in [-0.39, 0.29) is 11.3 Å². The summed E-state index contributed by atoms with van der Waals surface area (Å²) in [5.41, 5.74) is 0. The Kier molecular flexibility index (Phi) is 6.50. The molecule has 0 amide bonds. The molecule has 3 nitrogen and oxygen atoms in total. The van der Waals surface area contributed by atoms with Gasteiger partial charge in [-0.05, 0) is 38.1 Å². The quantitative estimate of drug-likeness (QED) is 0.822. The fourth-order valence-electron chi connectivity index (χ4n) is 2.37. The summed E-state index contributed by atoms with van der Waals surface area (Å²) in [6.07, 6.45) is 2.44. The Bertz CT molecular complexity index is 502. The number of hydrogen-bond acceptors (Lipinski definition) is 3. The molecule has 1 aromatic carbocycles. The molecule has 0 heterocycles. The van der Waals surface area contributed by atoms with E-state index in [9.17, 15) is 8.42 Å². The van der Waals surface area contributed by atoms with Gasteiger partial charge in [0.25, 0.3) is 0 Å². The average molecular weight is 348 g/mol. The van der Waals surface area contributed by atoms with Crippen molar-refractivity contribution >= 4 is 25.8 Å². The molecule has 5 heteroatoms. The van der Waals surface area contributed by atoms with Gasteiger partial charge in [0, 0.05) is 10.5 Å². The Balaban J connectivity index is 3.14. The largest absolute Gasteiger partial charge is 0.316 e. The Hall–Kier alpha value is -0.390. The maximum atomic E-state index is 12.7. The van der Waals surface area contributed by atoms with Gasteiger partial charge in [0.1, 0.15) is 0 Å². The van der Waals surface area contributed by atoms with Gasteiger partial charge >= 0.3 is 0 Å². The molecule has 0 aliphatic heterocycles. The van der Waals surface area contributed by atoms with E-state index in [1.807, 2.05) is 20.0 Å². The van der Waals surface area contributed by atoms with Crippen LogP contribution in [0.4, 0.5) is 0 Å². The monoisotopic (exact) mass is 347 g/mol. The van der Waals surface area contributed by atoms with Crippen LogP contribution in [0.1, 0.15) is 33.1 Å². The van der Waals surface area contributed by atoms with Gasteiger partial charge in [-0.25, -0.2) is 8.42 Å². The van der Waals surface area contributed by atoms with Crippen LogP contribution in [0.2, 0.25) is 0 Å². The Morgan fingerprint density at radius 1 is 1.32 bits per heavy atom. The lowest BCUT2D eigenvalue weighted by atomic mass is 10.1. The lowest BCUT2D eigenvalue weighted by molar-refractivity contribution is 0.464. The third kappa shape index (κ3) is 4.04. The van der Waals surface area contributed by atoms with Gasteiger partial charge in [0.05, 0.1) is 10.1 Å². The average Bonchev–Trinajstić information content (AvgIpc) is 2.38. The molecule has 2 unspecified atom stereocenters. The van der Waals surface area contributed by atoms with E-state index >= 15 is 0 Å². The summed E-state index contributed by atoms with van der Waals surface area (Å²) in [4.78, 5) is 0.394. The molecule has 0 radical (unpaired) electrons. The molecular weight excluding hydrogens is 326 g/mol. The van der Waals surface area contributed by atoms with E-state index in [4.69, 9.17) is 0 Å². The Morgan fingerprint density at radius 3 is 2.47 bits per heavy atom. The summed E-state index contributed by atoms with van der Waals surface area (Å²) in [5, 5.41) is 2.77. The molecule has 0 aliphatic carbocycles. The van der Waals surface area contributed by atoms with Crippen molar-refractivity contribution in [3.8, 4) is 0 Å². The topological polar surface area (TPSA) is 46.2 Å². The van der Waals surface area contributed by atoms with Gasteiger partial charge in [-0.15, -0.1) is 0 Å². The SMILES string of the molecule is CCCC(NC)C(CC)S(=O)(=O)c1cccc(Br)c1. The second-order valence-electron chi connectivity index (χ2n) is 4.63. The van der Waals surface area contributed by atoms with Crippen molar-refractivity contribution in [1.29, 1.82) is 0 Å². The highest BCUT2D eigenvalue weighted by Gasteiger charge is 2.32. The summed E-state index contributed by atoms with van der Waals surface area (Å²) in [5.74, 6) is 0. The van der Waals surface area contributed by atoms with Crippen LogP contribution in [-0.2, 0) is 9.84 Å². The molecule has 1 aromatic rings. The van der Waals surface area contributed by atoms with Crippen LogP contribution in [0, 0.1) is 0 Å². The lowest BCUT2D eigenvalue weighted by Gasteiger charge is -2.25. The number of sulfone groups is 1. The van der Waals surface area contributed by atoms with Crippen LogP contribution in [-0.4, -0.2) is 26.8 Å². The summed E-state index contributed by atoms with van der Waals surface area (Å²) in [6.45, 7) is 4.00. The zero-order valence-corrected chi connectivity index (χ0v) is 14.1. The normalized spacial score (nSPS) is 15.2. The third-order valence-electron chi connectivity index (χ3n) is 3.34. The molecule has 0 aromatic heterocycles. The Morgan fingerprint density at radius 2 is 2.00 bits per heavy atom. The standard InChI is InChI=1S/C14H22BrNO2S/c1-4-7-13(16-3)14(5-2)19(17,18)12-9-6-8-11(15)10-12/h6,8-10,13-14,16H,4-5,7H2,1-3H3. The van der Waals surface area contributed by atoms with Crippen LogP contribution in [0.5, 0.6) is 0 Å². The first-order valence-corrected chi connectivity index (χ1v) is 8.98. The number of nitrogens with one attached hydrogen (secondary N) is 1. The van der Waals surface area contributed by atoms with E-state index in [1.54, 1.807) is 18.2 Å². The number of hydrogen-bond donors (Lipinski definition) is 1. The lowest BCUT2D eigenvalue weighted by Crippen LogP contribution is -2.42. The van der Waals surface area contributed by atoms with Crippen LogP contribution < -0.4 is 5.32 Å². The van der Waals surface area contributed by atoms with Crippen LogP contribution >= 0.6 is 15.9 Å². The fraction of sp³-hybridized carbons (Fsp3) is 0.571. The molecule has 1 N–H and O–H groups in total. The van der Waals surface area contributed by atoms with E-state index in [0.29, 0.717) is 11.3 Å². The highest BCUT2D eigenvalue weighted by atomic mass is 79.9. The van der Waals surface area contributed by atoms with Gasteiger partial charge in [0.2, 0.25) is 0 Å². The molecule has 0 saturated heterocycles. The van der Waals surface area contributed by atoms with Crippen LogP contribution in [0.25, 0.3) is 0 Å². The van der Waals surface area contributed by atoms with Gasteiger partial charge in [-0.3, -0.25) is 0 Å². The zero-order valence-electron chi connectivity index (χ0n) is 11.7. The summed E-state index contributed by atoms with van der Waals surface area (Å²) < 4.78 is 26.3. The first kappa shape index (κ1) is 16.7. The minimum atomic E-state index is -3.30. The van der Waals surface area contributed by atoms with E-state index in [1.165, 1.54) is 0 Å². The molecule has 108 valence electrons. The predicted molar refractivity (Wildman–Crippen MR) is 83.2 cm³/mol. The third-order valence-corrected chi connectivity index (χ3v) is 6.21. The summed E-state index contributed by atoms with van der Waals surface area (Å²) >= 11 is 3.33. The van der Waals surface area contributed by atoms with Crippen molar-refractivity contribution < 1.29 is 8.42 Å². The minimum Gasteiger partial charge on any atom is -0.316 e. The second kappa shape index (κ2) is 7.41. The van der Waals surface area contributed by atoms with Gasteiger partial charge < -0.3 is 5.32 Å². The minimum absolute atomic E-state index is 0.000943. The van der Waals surface area contributed by atoms with Crippen molar-refractivity contribution in [3.63, 3.8) is 0 Å². The van der Waals surface area contributed by atoms with Crippen molar-refractivity contribution in [2.24, 2.45) is 0 Å². The first-order valence-electron chi connectivity index (χ1n) is 6.64. The van der Waals surface area contributed by atoms with Crippen molar-refractivity contribution in [2.45, 2.75) is 49.3 Å². The highest BCUT2D eigenvalue weighted by Crippen LogP contribution is 2.25. The fourth-order valence-corrected chi connectivity index (χ4v) is 4.97. The molecule has 0 fully saturated rings. The van der Waals surface area contributed by atoms with Crippen molar-refractivity contribution in [2.75, 3.05) is 7.05 Å². The van der Waals surface area contributed by atoms with Crippen LogP contribution in [0.15, 0.2) is 33.6 Å². The maximum Gasteiger partial charge on any atom is 0.182 e. The highest BCUT2D eigenvalue weighted by molar-refractivity contribution is 9.10. The molecule has 0 bridgehead atoms. The molecule has 2 atom stereocenters. The molecular formula is C14H22BrNO2S. The predicted octanol–water partition coefficient (Wildman–Crippen LogP) is 3.39. The van der Waals surface area contributed by atoms with E-state index in [0.717, 1.165) is 17.3 Å². The summed E-state index contributed by atoms with van der Waals surface area (Å²) in [7, 11) is -1.47. The number of rotatable bonds is 7. The molecule has 1 rings (SSSR count). The first-order chi connectivity index (χ1) is 8.97. The second-order valence-corrected chi connectivity index (χ2v) is 7.72. The summed E-state index contributed by atoms with van der Waals surface area (Å²) in [6, 6.07) is 6.94. The molecule has 19 heavy (non-hydrogen) atoms. The van der Waals surface area contributed by atoms with Gasteiger partial charge in [-0.2, -0.15) is 0 Å². The van der Waals surface area contributed by atoms with Crippen molar-refractivity contribution in [3.05, 3.63) is 28.7 Å². The molecule has 0 saturated carbocycles. The molecule has 0 aliphatic rings. The maximum absolute atomic E-state index is 12.7. The molecule has 0 spiro atoms. The van der Waals surface area contributed by atoms with Crippen molar-refractivity contribution in [1.82, 2.24) is 5.32 Å². The number of benzene rings is 1. The van der Waals surface area contributed by atoms with Crippen LogP contribution in [0.3, 0.4) is 0 Å². The number of halogens is 1. The van der Waals surface area contributed by atoms with E-state index in [2.05, 4.69) is 28.2 Å². The Labute approximate surface area is 124 Å². The zero-order chi connectivity index (χ0) is 14.5. The van der Waals surface area contributed by atoms with Gasteiger partial charge in [0.15, 0.2) is 9.84 Å².